The summed E-state index contributed by atoms with van der Waals surface area (Å²) >= 11 is 0. The lowest BCUT2D eigenvalue weighted by atomic mass is 9.87. The van der Waals surface area contributed by atoms with Crippen LogP contribution in [0.2, 0.25) is 0 Å². The molecule has 8 nitrogen and oxygen atoms in total. The fourth-order valence-electron chi connectivity index (χ4n) is 3.87. The van der Waals surface area contributed by atoms with E-state index in [1.165, 1.54) is 18.2 Å². The van der Waals surface area contributed by atoms with Crippen LogP contribution in [0.5, 0.6) is 17.2 Å². The Kier molecular flexibility index (Phi) is 4.64. The number of likely N-dealkylation sites (N-methyl/N-ethyl adjacent to an activating group) is 1. The Hall–Kier alpha value is -3.13. The number of nitro benzene ring substituents is 1. The highest BCUT2D eigenvalue weighted by Crippen LogP contribution is 2.50. The maximum absolute atomic E-state index is 12.9. The topological polar surface area (TPSA) is 91.1 Å². The highest BCUT2D eigenvalue weighted by atomic mass is 16.7. The molecule has 0 saturated carbocycles. The van der Waals surface area contributed by atoms with Crippen molar-refractivity contribution in [2.24, 2.45) is 0 Å². The van der Waals surface area contributed by atoms with Gasteiger partial charge in [0.15, 0.2) is 17.3 Å². The third kappa shape index (κ3) is 3.05. The van der Waals surface area contributed by atoms with Crippen molar-refractivity contribution in [1.82, 2.24) is 4.90 Å². The van der Waals surface area contributed by atoms with Crippen molar-refractivity contribution >= 4 is 11.5 Å². The number of nitro groups is 1. The van der Waals surface area contributed by atoms with Gasteiger partial charge in [-0.1, -0.05) is 12.1 Å². The molecule has 2 aliphatic heterocycles. The molecule has 2 aromatic carbocycles. The molecule has 0 N–H and O–H groups in total. The Morgan fingerprint density at radius 2 is 2.18 bits per heavy atom. The quantitative estimate of drug-likeness (QED) is 0.444. The van der Waals surface area contributed by atoms with Gasteiger partial charge in [-0.25, -0.2) is 0 Å². The van der Waals surface area contributed by atoms with E-state index in [-0.39, 0.29) is 30.7 Å². The molecule has 0 saturated heterocycles. The maximum atomic E-state index is 12.9. The summed E-state index contributed by atoms with van der Waals surface area (Å²) in [6.07, 6.45) is 0.987. The van der Waals surface area contributed by atoms with Gasteiger partial charge >= 0.3 is 0 Å². The van der Waals surface area contributed by atoms with Crippen LogP contribution in [0.15, 0.2) is 30.3 Å². The number of rotatable bonds is 5. The van der Waals surface area contributed by atoms with Crippen molar-refractivity contribution in [2.75, 3.05) is 27.5 Å². The molecule has 2 heterocycles. The SMILES string of the molecule is COc1c2c(cc3c1[C@@H](CC(=O)c1cccc([N+](=O)[O-])c1)N(C)CC3)OCO2. The molecule has 0 fully saturated rings. The summed E-state index contributed by atoms with van der Waals surface area (Å²) < 4.78 is 16.7. The van der Waals surface area contributed by atoms with E-state index in [2.05, 4.69) is 4.90 Å². The average Bonchev–Trinajstić information content (AvgIpc) is 3.16. The molecule has 0 aromatic heterocycles. The number of carbonyl (C=O) groups excluding carboxylic acids is 1. The lowest BCUT2D eigenvalue weighted by Gasteiger charge is -2.35. The van der Waals surface area contributed by atoms with Gasteiger partial charge in [-0.05, 0) is 25.1 Å². The predicted molar refractivity (Wildman–Crippen MR) is 100 cm³/mol. The molecule has 4 rings (SSSR count). The predicted octanol–water partition coefficient (Wildman–Crippen LogP) is 3.13. The molecule has 1 atom stereocenters. The summed E-state index contributed by atoms with van der Waals surface area (Å²) in [5.41, 5.74) is 2.22. The van der Waals surface area contributed by atoms with Gasteiger partial charge in [-0.3, -0.25) is 19.8 Å². The van der Waals surface area contributed by atoms with Crippen LogP contribution >= 0.6 is 0 Å². The van der Waals surface area contributed by atoms with Crippen molar-refractivity contribution in [2.45, 2.75) is 18.9 Å². The van der Waals surface area contributed by atoms with Gasteiger partial charge in [0.25, 0.3) is 5.69 Å². The highest BCUT2D eigenvalue weighted by Gasteiger charge is 2.35. The van der Waals surface area contributed by atoms with Gasteiger partial charge in [0, 0.05) is 42.3 Å². The van der Waals surface area contributed by atoms with E-state index in [4.69, 9.17) is 14.2 Å². The molecule has 0 radical (unpaired) electrons. The number of benzene rings is 2. The number of nitrogens with zero attached hydrogens (tertiary/aromatic N) is 2. The summed E-state index contributed by atoms with van der Waals surface area (Å²) in [6.45, 7) is 0.921. The Balaban J connectivity index is 1.70. The van der Waals surface area contributed by atoms with Gasteiger partial charge in [-0.2, -0.15) is 0 Å². The molecular formula is C20H20N2O6. The van der Waals surface area contributed by atoms with Crippen LogP contribution in [-0.2, 0) is 6.42 Å². The number of hydrogen-bond acceptors (Lipinski definition) is 7. The Bertz CT molecular complexity index is 958. The fourth-order valence-corrected chi connectivity index (χ4v) is 3.87. The summed E-state index contributed by atoms with van der Waals surface area (Å²) in [5.74, 6) is 1.65. The van der Waals surface area contributed by atoms with Crippen LogP contribution in [0.25, 0.3) is 0 Å². The number of fused-ring (bicyclic) bond motifs is 2. The van der Waals surface area contributed by atoms with Crippen LogP contribution in [-0.4, -0.2) is 43.1 Å². The van der Waals surface area contributed by atoms with E-state index in [1.54, 1.807) is 13.2 Å². The van der Waals surface area contributed by atoms with Crippen molar-refractivity contribution in [3.05, 3.63) is 57.1 Å². The zero-order valence-electron chi connectivity index (χ0n) is 15.6. The summed E-state index contributed by atoms with van der Waals surface area (Å²) in [6, 6.07) is 7.57. The number of ether oxygens (including phenoxy) is 3. The maximum Gasteiger partial charge on any atom is 0.270 e. The van der Waals surface area contributed by atoms with Gasteiger partial charge in [-0.15, -0.1) is 0 Å². The number of hydrogen-bond donors (Lipinski definition) is 0. The fraction of sp³-hybridized carbons (Fsp3) is 0.350. The van der Waals surface area contributed by atoms with Gasteiger partial charge < -0.3 is 14.2 Å². The second-order valence-electron chi connectivity index (χ2n) is 6.90. The number of Topliss-reactive ketones (excluding diaryl/α,β-unsaturated/α-hetero) is 1. The molecule has 28 heavy (non-hydrogen) atoms. The first-order chi connectivity index (χ1) is 13.5. The van der Waals surface area contributed by atoms with Crippen LogP contribution in [0, 0.1) is 10.1 Å². The molecular weight excluding hydrogens is 364 g/mol. The van der Waals surface area contributed by atoms with Crippen molar-refractivity contribution < 1.29 is 23.9 Å². The van der Waals surface area contributed by atoms with Crippen LogP contribution in [0.4, 0.5) is 5.69 Å². The first-order valence-corrected chi connectivity index (χ1v) is 8.97. The van der Waals surface area contributed by atoms with E-state index in [1.807, 2.05) is 13.1 Å². The third-order valence-corrected chi connectivity index (χ3v) is 5.30. The van der Waals surface area contributed by atoms with Gasteiger partial charge in [0.1, 0.15) is 0 Å². The summed E-state index contributed by atoms with van der Waals surface area (Å²) in [7, 11) is 3.53. The summed E-state index contributed by atoms with van der Waals surface area (Å²) in [5, 5.41) is 11.0. The van der Waals surface area contributed by atoms with E-state index >= 15 is 0 Å². The minimum absolute atomic E-state index is 0.0933. The molecule has 146 valence electrons. The standard InChI is InChI=1S/C20H20N2O6/c1-21-7-6-13-9-17-19(28-11-27-17)20(26-2)18(13)15(21)10-16(23)12-4-3-5-14(8-12)22(24)25/h3-5,8-9,15H,6-7,10-11H2,1-2H3/t15-/m1/s1. The van der Waals surface area contributed by atoms with Crippen molar-refractivity contribution in [3.63, 3.8) is 0 Å². The van der Waals surface area contributed by atoms with E-state index in [0.29, 0.717) is 22.8 Å². The number of non-ortho nitro benzene ring substituents is 1. The number of ketones is 1. The first kappa shape index (κ1) is 18.2. The molecule has 8 heteroatoms. The molecule has 0 bridgehead atoms. The monoisotopic (exact) mass is 384 g/mol. The van der Waals surface area contributed by atoms with Crippen LogP contribution in [0.1, 0.15) is 33.9 Å². The number of carbonyl (C=O) groups is 1. The van der Waals surface area contributed by atoms with E-state index in [0.717, 1.165) is 24.1 Å². The lowest BCUT2D eigenvalue weighted by Crippen LogP contribution is -2.34. The molecule has 0 unspecified atom stereocenters. The second kappa shape index (κ2) is 7.12. The Labute approximate surface area is 161 Å². The van der Waals surface area contributed by atoms with Crippen LogP contribution < -0.4 is 14.2 Å². The van der Waals surface area contributed by atoms with E-state index < -0.39 is 4.92 Å². The second-order valence-corrected chi connectivity index (χ2v) is 6.90. The Morgan fingerprint density at radius 3 is 2.93 bits per heavy atom. The van der Waals surface area contributed by atoms with E-state index in [9.17, 15) is 14.9 Å². The highest BCUT2D eigenvalue weighted by molar-refractivity contribution is 5.97. The van der Waals surface area contributed by atoms with Gasteiger partial charge in [0.05, 0.1) is 12.0 Å². The molecule has 2 aromatic rings. The minimum atomic E-state index is -0.498. The third-order valence-electron chi connectivity index (χ3n) is 5.30. The average molecular weight is 384 g/mol. The Morgan fingerprint density at radius 1 is 1.36 bits per heavy atom. The lowest BCUT2D eigenvalue weighted by molar-refractivity contribution is -0.384. The van der Waals surface area contributed by atoms with Crippen molar-refractivity contribution in [1.29, 1.82) is 0 Å². The zero-order valence-corrected chi connectivity index (χ0v) is 15.6. The zero-order chi connectivity index (χ0) is 19.8. The minimum Gasteiger partial charge on any atom is -0.492 e. The van der Waals surface area contributed by atoms with Gasteiger partial charge in [0.2, 0.25) is 12.5 Å². The largest absolute Gasteiger partial charge is 0.492 e. The smallest absolute Gasteiger partial charge is 0.270 e. The molecule has 0 aliphatic carbocycles. The van der Waals surface area contributed by atoms with Crippen molar-refractivity contribution in [3.8, 4) is 17.2 Å². The van der Waals surface area contributed by atoms with Crippen LogP contribution in [0.3, 0.4) is 0 Å². The molecule has 2 aliphatic rings. The first-order valence-electron chi connectivity index (χ1n) is 8.97. The molecule has 0 amide bonds. The molecule has 0 spiro atoms. The summed E-state index contributed by atoms with van der Waals surface area (Å²) in [4.78, 5) is 25.5. The number of methoxy groups -OCH3 is 1. The normalized spacial score (nSPS) is 17.9.